The topological polar surface area (TPSA) is 52.7 Å². The van der Waals surface area contributed by atoms with Crippen LogP contribution in [0, 0.1) is 35.5 Å². The minimum absolute atomic E-state index is 0.157. The van der Waals surface area contributed by atoms with Gasteiger partial charge < -0.3 is 15.1 Å². The summed E-state index contributed by atoms with van der Waals surface area (Å²) in [6.07, 6.45) is 3.79. The summed E-state index contributed by atoms with van der Waals surface area (Å²) in [5, 5.41) is 2.84. The number of carbonyl (C=O) groups is 2. The summed E-state index contributed by atoms with van der Waals surface area (Å²) in [5.74, 6) is 4.09. The Hall–Kier alpha value is -1.78. The van der Waals surface area contributed by atoms with Crippen molar-refractivity contribution in [3.63, 3.8) is 0 Å². The molecule has 0 aromatic heterocycles. The molecule has 0 aromatic carbocycles. The zero-order chi connectivity index (χ0) is 34.3. The maximum Gasteiger partial charge on any atom is 0.222 e. The van der Waals surface area contributed by atoms with Gasteiger partial charge in [0, 0.05) is 51.3 Å². The first kappa shape index (κ1) is 47.2. The van der Waals surface area contributed by atoms with E-state index >= 15 is 0 Å². The third-order valence-corrected chi connectivity index (χ3v) is 6.45. The monoisotopic (exact) mass is 596 g/mol. The van der Waals surface area contributed by atoms with Crippen molar-refractivity contribution in [2.75, 3.05) is 20.6 Å². The normalized spacial score (nSPS) is 10.8. The number of allylic oxidation sites excluding steroid dienone is 2. The molecule has 0 atom stereocenters. The van der Waals surface area contributed by atoms with Gasteiger partial charge in [-0.2, -0.15) is 0 Å². The SMILES string of the molecule is C=C(C(C)C)N(C)CC(C)C.C=C(CCC(C)C)C(C)C.CC(C)CC(=O)N(C)C(C)C.CC(C)CC(=O)NC(C)C. The molecule has 0 aromatic rings. The van der Waals surface area contributed by atoms with E-state index in [9.17, 15) is 9.59 Å². The standard InChI is InChI=1S/C10H21N.C10H20.C9H19NO.C8H17NO/c1-8(2)7-11(6)10(5)9(3)4;1-8(2)6-7-10(5)9(3)4;1-7(2)6-9(11)10(5)8(3)4;1-6(2)5-8(10)9-7(3)4/h8-9H,5,7H2,1-4,6H3;8-9H,5-7H2,1-4H3;7-8H,6H2,1-5H3;6-7H,5H2,1-4H3,(H,9,10). The lowest BCUT2D eigenvalue weighted by Crippen LogP contribution is -2.33. The zero-order valence-electron chi connectivity index (χ0n) is 31.8. The Kier molecular flexibility index (Phi) is 30.1. The van der Waals surface area contributed by atoms with Crippen molar-refractivity contribution >= 4 is 11.8 Å². The van der Waals surface area contributed by atoms with Gasteiger partial charge in [0.05, 0.1) is 0 Å². The molecule has 5 heteroatoms. The molecule has 2 amide bonds. The van der Waals surface area contributed by atoms with Gasteiger partial charge >= 0.3 is 0 Å². The molecule has 1 N–H and O–H groups in total. The van der Waals surface area contributed by atoms with Crippen LogP contribution in [-0.2, 0) is 9.59 Å². The predicted molar refractivity (Wildman–Crippen MR) is 190 cm³/mol. The van der Waals surface area contributed by atoms with Gasteiger partial charge in [-0.25, -0.2) is 0 Å². The molecule has 0 aliphatic heterocycles. The van der Waals surface area contributed by atoms with E-state index in [4.69, 9.17) is 0 Å². The Labute approximate surface area is 265 Å². The van der Waals surface area contributed by atoms with Crippen LogP contribution in [0.4, 0.5) is 0 Å². The first-order valence-corrected chi connectivity index (χ1v) is 16.6. The molecule has 252 valence electrons. The molecule has 0 saturated heterocycles. The third-order valence-electron chi connectivity index (χ3n) is 6.45. The van der Waals surface area contributed by atoms with Crippen LogP contribution in [0.1, 0.15) is 136 Å². The smallest absolute Gasteiger partial charge is 0.222 e. The summed E-state index contributed by atoms with van der Waals surface area (Å²) in [6.45, 7) is 43.1. The maximum absolute atomic E-state index is 11.3. The van der Waals surface area contributed by atoms with Crippen LogP contribution in [0.3, 0.4) is 0 Å². The van der Waals surface area contributed by atoms with E-state index in [0.29, 0.717) is 42.6 Å². The van der Waals surface area contributed by atoms with Crippen molar-refractivity contribution in [2.24, 2.45) is 35.5 Å². The third kappa shape index (κ3) is 34.4. The van der Waals surface area contributed by atoms with E-state index in [1.807, 2.05) is 48.6 Å². The van der Waals surface area contributed by atoms with Crippen LogP contribution < -0.4 is 5.32 Å². The van der Waals surface area contributed by atoms with Gasteiger partial charge in [-0.1, -0.05) is 102 Å². The fraction of sp³-hybridized carbons (Fsp3) is 0.838. The highest BCUT2D eigenvalue weighted by molar-refractivity contribution is 5.76. The molecule has 0 heterocycles. The lowest BCUT2D eigenvalue weighted by Gasteiger charge is -2.25. The summed E-state index contributed by atoms with van der Waals surface area (Å²) >= 11 is 0. The van der Waals surface area contributed by atoms with Crippen LogP contribution in [0.5, 0.6) is 0 Å². The average molecular weight is 596 g/mol. The van der Waals surface area contributed by atoms with Gasteiger partial charge in [0.15, 0.2) is 0 Å². The second kappa shape index (κ2) is 26.8. The van der Waals surface area contributed by atoms with E-state index in [-0.39, 0.29) is 17.9 Å². The van der Waals surface area contributed by atoms with Crippen molar-refractivity contribution in [1.29, 1.82) is 0 Å². The molecule has 0 spiro atoms. The summed E-state index contributed by atoms with van der Waals surface area (Å²) in [6, 6.07) is 0.590. The first-order valence-electron chi connectivity index (χ1n) is 16.6. The van der Waals surface area contributed by atoms with Crippen LogP contribution in [-0.4, -0.2) is 54.3 Å². The maximum atomic E-state index is 11.3. The Morgan fingerprint density at radius 1 is 0.643 bits per heavy atom. The number of hydrogen-bond acceptors (Lipinski definition) is 3. The largest absolute Gasteiger partial charge is 0.378 e. The second-order valence-corrected chi connectivity index (χ2v) is 14.7. The quantitative estimate of drug-likeness (QED) is 0.203. The molecule has 0 aliphatic carbocycles. The number of hydrogen-bond donors (Lipinski definition) is 1. The Balaban J connectivity index is -0.000000229. The molecule has 0 rings (SSSR count). The fourth-order valence-electron chi connectivity index (χ4n) is 3.40. The molecular weight excluding hydrogens is 518 g/mol. The first-order chi connectivity index (χ1) is 19.0. The number of rotatable bonds is 14. The number of nitrogens with one attached hydrogen (secondary N) is 1. The van der Waals surface area contributed by atoms with Gasteiger partial charge in [-0.3, -0.25) is 9.59 Å². The highest BCUT2D eigenvalue weighted by Gasteiger charge is 2.12. The van der Waals surface area contributed by atoms with E-state index in [0.717, 1.165) is 18.4 Å². The second-order valence-electron chi connectivity index (χ2n) is 14.7. The van der Waals surface area contributed by atoms with Crippen molar-refractivity contribution < 1.29 is 9.59 Å². The fourth-order valence-corrected chi connectivity index (χ4v) is 3.40. The molecular formula is C37H77N3O2. The summed E-state index contributed by atoms with van der Waals surface area (Å²) in [4.78, 5) is 26.3. The van der Waals surface area contributed by atoms with Crippen LogP contribution in [0.2, 0.25) is 0 Å². The minimum atomic E-state index is 0.157. The molecule has 0 saturated carbocycles. The molecule has 0 radical (unpaired) electrons. The molecule has 0 fully saturated rings. The highest BCUT2D eigenvalue weighted by atomic mass is 16.2. The van der Waals surface area contributed by atoms with E-state index in [1.165, 1.54) is 24.1 Å². The Morgan fingerprint density at radius 3 is 1.38 bits per heavy atom. The number of amides is 2. The lowest BCUT2D eigenvalue weighted by atomic mass is 9.96. The Bertz CT molecular complexity index is 692. The molecule has 0 unspecified atom stereocenters. The van der Waals surface area contributed by atoms with Gasteiger partial charge in [-0.15, -0.1) is 0 Å². The average Bonchev–Trinajstić information content (AvgIpc) is 2.80. The minimum Gasteiger partial charge on any atom is -0.378 e. The summed E-state index contributed by atoms with van der Waals surface area (Å²) < 4.78 is 0. The van der Waals surface area contributed by atoms with Gasteiger partial charge in [0.2, 0.25) is 11.8 Å². The van der Waals surface area contributed by atoms with Crippen molar-refractivity contribution in [1.82, 2.24) is 15.1 Å². The van der Waals surface area contributed by atoms with Crippen LogP contribution in [0.15, 0.2) is 24.4 Å². The Morgan fingerprint density at radius 2 is 1.10 bits per heavy atom. The molecule has 0 bridgehead atoms. The number of nitrogens with zero attached hydrogens (tertiary/aromatic N) is 2. The van der Waals surface area contributed by atoms with Crippen molar-refractivity contribution in [2.45, 2.75) is 149 Å². The summed E-state index contributed by atoms with van der Waals surface area (Å²) in [7, 11) is 3.97. The van der Waals surface area contributed by atoms with E-state index in [1.54, 1.807) is 4.90 Å². The summed E-state index contributed by atoms with van der Waals surface area (Å²) in [5.41, 5.74) is 2.63. The van der Waals surface area contributed by atoms with E-state index < -0.39 is 0 Å². The van der Waals surface area contributed by atoms with Gasteiger partial charge in [0.25, 0.3) is 0 Å². The molecule has 0 aliphatic rings. The van der Waals surface area contributed by atoms with Crippen molar-refractivity contribution in [3.8, 4) is 0 Å². The molecule has 42 heavy (non-hydrogen) atoms. The zero-order valence-corrected chi connectivity index (χ0v) is 31.8. The highest BCUT2D eigenvalue weighted by Crippen LogP contribution is 2.16. The van der Waals surface area contributed by atoms with Gasteiger partial charge in [0.1, 0.15) is 0 Å². The van der Waals surface area contributed by atoms with Crippen LogP contribution >= 0.6 is 0 Å². The molecule has 5 nitrogen and oxygen atoms in total. The van der Waals surface area contributed by atoms with Gasteiger partial charge in [-0.05, 0) is 76.0 Å². The predicted octanol–water partition coefficient (Wildman–Crippen LogP) is 9.84. The lowest BCUT2D eigenvalue weighted by molar-refractivity contribution is -0.132. The van der Waals surface area contributed by atoms with Crippen LogP contribution in [0.25, 0.3) is 0 Å². The van der Waals surface area contributed by atoms with Crippen molar-refractivity contribution in [3.05, 3.63) is 24.4 Å². The number of carbonyl (C=O) groups excluding carboxylic acids is 2. The van der Waals surface area contributed by atoms with E-state index in [2.05, 4.69) is 99.7 Å².